The molecule has 1 fully saturated rings. The van der Waals surface area contributed by atoms with Crippen molar-refractivity contribution in [3.05, 3.63) is 35.1 Å². The van der Waals surface area contributed by atoms with Crippen LogP contribution in [0, 0.1) is 11.7 Å². The molecule has 0 saturated heterocycles. The summed E-state index contributed by atoms with van der Waals surface area (Å²) in [7, 11) is 0. The first kappa shape index (κ1) is 15.3. The van der Waals surface area contributed by atoms with Crippen molar-refractivity contribution in [2.24, 2.45) is 5.92 Å². The maximum atomic E-state index is 13.8. The average molecular weight is 305 g/mol. The van der Waals surface area contributed by atoms with E-state index in [1.165, 1.54) is 0 Å². The van der Waals surface area contributed by atoms with Crippen molar-refractivity contribution < 1.29 is 32.3 Å². The topological polar surface area (TPSA) is 66.4 Å². The molecule has 4 nitrogen and oxygen atoms in total. The first-order valence-electron chi connectivity index (χ1n) is 6.11. The molecule has 1 aliphatic rings. The van der Waals surface area contributed by atoms with Gasteiger partial charge in [-0.2, -0.15) is 13.2 Å². The number of carbonyl (C=O) groups is 2. The molecule has 0 heterocycles. The van der Waals surface area contributed by atoms with Gasteiger partial charge in [-0.25, -0.2) is 9.18 Å². The summed E-state index contributed by atoms with van der Waals surface area (Å²) in [6, 6.07) is 1.08. The maximum Gasteiger partial charge on any atom is 0.419 e. The predicted molar refractivity (Wildman–Crippen MR) is 63.0 cm³/mol. The van der Waals surface area contributed by atoms with Crippen LogP contribution < -0.4 is 5.32 Å². The van der Waals surface area contributed by atoms with E-state index in [-0.39, 0.29) is 5.92 Å². The van der Waals surface area contributed by atoms with Crippen LogP contribution in [0.3, 0.4) is 0 Å². The van der Waals surface area contributed by atoms with E-state index < -0.39 is 41.0 Å². The number of carboxylic acid groups (broad SMARTS) is 1. The van der Waals surface area contributed by atoms with E-state index in [0.29, 0.717) is 18.9 Å². The van der Waals surface area contributed by atoms with Crippen LogP contribution in [0.1, 0.15) is 28.8 Å². The monoisotopic (exact) mass is 305 g/mol. The van der Waals surface area contributed by atoms with Crippen LogP contribution in [0.5, 0.6) is 0 Å². The first-order valence-corrected chi connectivity index (χ1v) is 6.11. The zero-order valence-corrected chi connectivity index (χ0v) is 10.6. The summed E-state index contributed by atoms with van der Waals surface area (Å²) in [6.45, 7) is 0. The molecule has 8 heteroatoms. The van der Waals surface area contributed by atoms with Crippen LogP contribution in [-0.4, -0.2) is 23.0 Å². The fraction of sp³-hybridized carbons (Fsp3) is 0.385. The van der Waals surface area contributed by atoms with Gasteiger partial charge in [0, 0.05) is 0 Å². The Morgan fingerprint density at radius 3 is 2.38 bits per heavy atom. The zero-order chi connectivity index (χ0) is 15.8. The molecule has 0 radical (unpaired) electrons. The lowest BCUT2D eigenvalue weighted by Crippen LogP contribution is -2.42. The van der Waals surface area contributed by atoms with E-state index in [2.05, 4.69) is 5.32 Å². The number of carbonyl (C=O) groups excluding carboxylic acids is 1. The predicted octanol–water partition coefficient (Wildman–Crippen LogP) is 2.44. The van der Waals surface area contributed by atoms with E-state index >= 15 is 0 Å². The lowest BCUT2D eigenvalue weighted by atomic mass is 10.1. The molecule has 1 unspecified atom stereocenters. The Bertz CT molecular complexity index is 581. The highest BCUT2D eigenvalue weighted by molar-refractivity contribution is 5.97. The van der Waals surface area contributed by atoms with Gasteiger partial charge < -0.3 is 10.4 Å². The number of nitrogens with one attached hydrogen (secondary N) is 1. The van der Waals surface area contributed by atoms with Crippen molar-refractivity contribution in [1.29, 1.82) is 0 Å². The van der Waals surface area contributed by atoms with Crippen molar-refractivity contribution in [3.63, 3.8) is 0 Å². The number of aliphatic carboxylic acids is 1. The largest absolute Gasteiger partial charge is 0.480 e. The number of carboxylic acids is 1. The molecule has 2 N–H and O–H groups in total. The van der Waals surface area contributed by atoms with Gasteiger partial charge in [-0.3, -0.25) is 4.79 Å². The van der Waals surface area contributed by atoms with Gasteiger partial charge in [-0.15, -0.1) is 0 Å². The number of hydrogen-bond acceptors (Lipinski definition) is 2. The normalized spacial score (nSPS) is 16.4. The quantitative estimate of drug-likeness (QED) is 0.840. The molecular formula is C13H11F4NO3. The molecule has 0 spiro atoms. The molecular weight excluding hydrogens is 294 g/mol. The number of amides is 1. The van der Waals surface area contributed by atoms with Gasteiger partial charge >= 0.3 is 12.1 Å². The molecule has 0 aromatic heterocycles. The number of alkyl halides is 3. The summed E-state index contributed by atoms with van der Waals surface area (Å²) in [5.74, 6) is -4.43. The summed E-state index contributed by atoms with van der Waals surface area (Å²) in [5, 5.41) is 11.0. The number of hydrogen-bond donors (Lipinski definition) is 2. The highest BCUT2D eigenvalue weighted by atomic mass is 19.4. The summed E-state index contributed by atoms with van der Waals surface area (Å²) < 4.78 is 51.4. The van der Waals surface area contributed by atoms with Gasteiger partial charge in [-0.1, -0.05) is 6.07 Å². The second-order valence-corrected chi connectivity index (χ2v) is 4.79. The molecule has 1 atom stereocenters. The highest BCUT2D eigenvalue weighted by Crippen LogP contribution is 2.34. The van der Waals surface area contributed by atoms with Crippen LogP contribution >= 0.6 is 0 Å². The minimum Gasteiger partial charge on any atom is -0.480 e. The molecule has 1 aromatic carbocycles. The SMILES string of the molecule is O=C(NC(C(=O)O)C1CC1)c1cccc(C(F)(F)F)c1F. The highest BCUT2D eigenvalue weighted by Gasteiger charge is 2.39. The van der Waals surface area contributed by atoms with Crippen molar-refractivity contribution in [1.82, 2.24) is 5.32 Å². The Kier molecular flexibility index (Phi) is 3.89. The average Bonchev–Trinajstić information content (AvgIpc) is 3.18. The van der Waals surface area contributed by atoms with E-state index in [4.69, 9.17) is 5.11 Å². The second-order valence-electron chi connectivity index (χ2n) is 4.79. The Balaban J connectivity index is 2.25. The standard InChI is InChI=1S/C13H11F4NO3/c14-9-7(2-1-3-8(9)13(15,16)17)11(19)18-10(12(20)21)6-4-5-6/h1-3,6,10H,4-5H2,(H,18,19)(H,20,21). The number of benzene rings is 1. The summed E-state index contributed by atoms with van der Waals surface area (Å²) in [5.41, 5.74) is -2.38. The molecule has 0 bridgehead atoms. The third-order valence-electron chi connectivity index (χ3n) is 3.19. The number of rotatable bonds is 4. The van der Waals surface area contributed by atoms with Crippen molar-refractivity contribution in [2.45, 2.75) is 25.1 Å². The third kappa shape index (κ3) is 3.32. The van der Waals surface area contributed by atoms with Crippen LogP contribution in [0.25, 0.3) is 0 Å². The summed E-state index contributed by atoms with van der Waals surface area (Å²) in [6.07, 6.45) is -3.73. The number of halogens is 4. The van der Waals surface area contributed by atoms with Crippen LogP contribution in [0.4, 0.5) is 17.6 Å². The van der Waals surface area contributed by atoms with E-state index in [1.54, 1.807) is 0 Å². The van der Waals surface area contributed by atoms with Gasteiger partial charge in [0.2, 0.25) is 0 Å². The lowest BCUT2D eigenvalue weighted by molar-refractivity contribution is -0.141. The molecule has 114 valence electrons. The Morgan fingerprint density at radius 2 is 1.90 bits per heavy atom. The molecule has 0 aliphatic heterocycles. The minimum absolute atomic E-state index is 0.264. The fourth-order valence-corrected chi connectivity index (χ4v) is 1.96. The van der Waals surface area contributed by atoms with Crippen LogP contribution in [0.15, 0.2) is 18.2 Å². The molecule has 1 saturated carbocycles. The Hall–Kier alpha value is -2.12. The van der Waals surface area contributed by atoms with Gasteiger partial charge in [0.05, 0.1) is 11.1 Å². The smallest absolute Gasteiger partial charge is 0.419 e. The van der Waals surface area contributed by atoms with E-state index in [1.807, 2.05) is 0 Å². The fourth-order valence-electron chi connectivity index (χ4n) is 1.96. The van der Waals surface area contributed by atoms with Crippen LogP contribution in [0.2, 0.25) is 0 Å². The van der Waals surface area contributed by atoms with Gasteiger partial charge in [0.15, 0.2) is 0 Å². The molecule has 1 aliphatic carbocycles. The molecule has 21 heavy (non-hydrogen) atoms. The Morgan fingerprint density at radius 1 is 1.29 bits per heavy atom. The van der Waals surface area contributed by atoms with Gasteiger partial charge in [0.1, 0.15) is 11.9 Å². The zero-order valence-electron chi connectivity index (χ0n) is 10.6. The molecule has 1 aromatic rings. The van der Waals surface area contributed by atoms with Crippen LogP contribution in [-0.2, 0) is 11.0 Å². The molecule has 2 rings (SSSR count). The second kappa shape index (κ2) is 5.34. The minimum atomic E-state index is -4.93. The lowest BCUT2D eigenvalue weighted by Gasteiger charge is -2.15. The summed E-state index contributed by atoms with van der Waals surface area (Å²) >= 11 is 0. The molecule has 1 amide bonds. The third-order valence-corrected chi connectivity index (χ3v) is 3.19. The summed E-state index contributed by atoms with van der Waals surface area (Å²) in [4.78, 5) is 22.8. The van der Waals surface area contributed by atoms with Crippen molar-refractivity contribution >= 4 is 11.9 Å². The van der Waals surface area contributed by atoms with Gasteiger partial charge in [-0.05, 0) is 30.9 Å². The van der Waals surface area contributed by atoms with Crippen molar-refractivity contribution in [2.75, 3.05) is 0 Å². The van der Waals surface area contributed by atoms with Crippen molar-refractivity contribution in [3.8, 4) is 0 Å². The van der Waals surface area contributed by atoms with Gasteiger partial charge in [0.25, 0.3) is 5.91 Å². The first-order chi connectivity index (χ1) is 9.71. The van der Waals surface area contributed by atoms with E-state index in [9.17, 15) is 27.2 Å². The maximum absolute atomic E-state index is 13.8. The van der Waals surface area contributed by atoms with E-state index in [0.717, 1.165) is 12.1 Å². The Labute approximate surface area is 116 Å².